The number of hydrogen-bond acceptors (Lipinski definition) is 5. The standard InChI is InChI=1S/C21H24F3N5O/c1-27(2)18-19(26-10-9-25-18)28-11-7-14-8-12-29(17(14)13-28)20(30)15-5-3-4-6-16(15)21(22,23)24/h3-6,9-10,14,17H,7-8,11-13H2,1-2H3. The lowest BCUT2D eigenvalue weighted by Crippen LogP contribution is -2.50. The Balaban J connectivity index is 1.61. The van der Waals surface area contributed by atoms with Crippen molar-refractivity contribution in [2.45, 2.75) is 25.1 Å². The second kappa shape index (κ2) is 7.77. The molecule has 0 aliphatic carbocycles. The summed E-state index contributed by atoms with van der Waals surface area (Å²) in [6, 6.07) is 4.88. The zero-order chi connectivity index (χ0) is 21.5. The molecule has 160 valence electrons. The molecule has 1 aromatic carbocycles. The summed E-state index contributed by atoms with van der Waals surface area (Å²) < 4.78 is 40.3. The van der Waals surface area contributed by atoms with Crippen LogP contribution in [0.1, 0.15) is 28.8 Å². The fraction of sp³-hybridized carbons (Fsp3) is 0.476. The third-order valence-electron chi connectivity index (χ3n) is 5.97. The van der Waals surface area contributed by atoms with Crippen LogP contribution in [-0.4, -0.2) is 60.5 Å². The molecule has 2 atom stereocenters. The summed E-state index contributed by atoms with van der Waals surface area (Å²) in [5.41, 5.74) is -1.16. The maximum atomic E-state index is 13.4. The molecule has 0 N–H and O–H groups in total. The molecule has 2 aliphatic rings. The van der Waals surface area contributed by atoms with Crippen LogP contribution in [0.3, 0.4) is 0 Å². The summed E-state index contributed by atoms with van der Waals surface area (Å²) >= 11 is 0. The zero-order valence-electron chi connectivity index (χ0n) is 16.9. The van der Waals surface area contributed by atoms with Crippen molar-refractivity contribution in [1.29, 1.82) is 0 Å². The molecule has 2 unspecified atom stereocenters. The average molecular weight is 419 g/mol. The Hall–Kier alpha value is -2.84. The molecule has 0 saturated carbocycles. The number of halogens is 3. The molecular formula is C21H24F3N5O. The summed E-state index contributed by atoms with van der Waals surface area (Å²) in [6.45, 7) is 1.78. The van der Waals surface area contributed by atoms with E-state index in [1.165, 1.54) is 18.2 Å². The van der Waals surface area contributed by atoms with E-state index in [2.05, 4.69) is 14.9 Å². The van der Waals surface area contributed by atoms with Crippen LogP contribution in [0.15, 0.2) is 36.7 Å². The first-order chi connectivity index (χ1) is 14.3. The maximum Gasteiger partial charge on any atom is 0.417 e. The fourth-order valence-electron chi connectivity index (χ4n) is 4.52. The van der Waals surface area contributed by atoms with Gasteiger partial charge in [-0.3, -0.25) is 4.79 Å². The van der Waals surface area contributed by atoms with E-state index in [4.69, 9.17) is 0 Å². The molecule has 2 saturated heterocycles. The number of anilines is 2. The lowest BCUT2D eigenvalue weighted by atomic mass is 9.92. The average Bonchev–Trinajstić information content (AvgIpc) is 3.15. The van der Waals surface area contributed by atoms with Crippen LogP contribution in [-0.2, 0) is 6.18 Å². The third-order valence-corrected chi connectivity index (χ3v) is 5.97. The van der Waals surface area contributed by atoms with Crippen molar-refractivity contribution in [3.05, 3.63) is 47.8 Å². The monoisotopic (exact) mass is 419 g/mol. The molecule has 0 radical (unpaired) electrons. The maximum absolute atomic E-state index is 13.4. The van der Waals surface area contributed by atoms with Crippen LogP contribution in [0.25, 0.3) is 0 Å². The Bertz CT molecular complexity index is 933. The Morgan fingerprint density at radius 3 is 2.53 bits per heavy atom. The summed E-state index contributed by atoms with van der Waals surface area (Å²) in [7, 11) is 3.78. The number of rotatable bonds is 3. The van der Waals surface area contributed by atoms with Gasteiger partial charge in [0.05, 0.1) is 17.2 Å². The van der Waals surface area contributed by atoms with Gasteiger partial charge in [-0.15, -0.1) is 0 Å². The molecule has 1 aromatic heterocycles. The molecule has 4 rings (SSSR count). The largest absolute Gasteiger partial charge is 0.417 e. The van der Waals surface area contributed by atoms with Crippen molar-refractivity contribution in [2.75, 3.05) is 43.5 Å². The third kappa shape index (κ3) is 3.68. The van der Waals surface area contributed by atoms with Crippen LogP contribution < -0.4 is 9.80 Å². The first-order valence-electron chi connectivity index (χ1n) is 9.98. The summed E-state index contributed by atoms with van der Waals surface area (Å²) in [5, 5.41) is 0. The molecule has 2 aliphatic heterocycles. The molecule has 0 bridgehead atoms. The number of likely N-dealkylation sites (tertiary alicyclic amines) is 1. The number of aromatic nitrogens is 2. The van der Waals surface area contributed by atoms with Crippen LogP contribution in [0.5, 0.6) is 0 Å². The minimum atomic E-state index is -4.57. The quantitative estimate of drug-likeness (QED) is 0.764. The second-order valence-electron chi connectivity index (χ2n) is 7.99. The van der Waals surface area contributed by atoms with Gasteiger partial charge in [0.1, 0.15) is 0 Å². The van der Waals surface area contributed by atoms with E-state index in [-0.39, 0.29) is 17.5 Å². The van der Waals surface area contributed by atoms with E-state index in [9.17, 15) is 18.0 Å². The molecule has 30 heavy (non-hydrogen) atoms. The van der Waals surface area contributed by atoms with E-state index in [0.29, 0.717) is 13.1 Å². The molecule has 3 heterocycles. The highest BCUT2D eigenvalue weighted by Crippen LogP contribution is 2.38. The van der Waals surface area contributed by atoms with Gasteiger partial charge in [0.25, 0.3) is 5.91 Å². The van der Waals surface area contributed by atoms with Crippen molar-refractivity contribution >= 4 is 17.5 Å². The van der Waals surface area contributed by atoms with E-state index in [1.54, 1.807) is 17.3 Å². The predicted molar refractivity (Wildman–Crippen MR) is 108 cm³/mol. The molecule has 2 fully saturated rings. The van der Waals surface area contributed by atoms with Crippen LogP contribution in [0.2, 0.25) is 0 Å². The van der Waals surface area contributed by atoms with Gasteiger partial charge in [0.15, 0.2) is 11.6 Å². The number of carbonyl (C=O) groups is 1. The Morgan fingerprint density at radius 1 is 1.10 bits per heavy atom. The fourth-order valence-corrected chi connectivity index (χ4v) is 4.52. The van der Waals surface area contributed by atoms with Gasteiger partial charge in [-0.2, -0.15) is 13.2 Å². The van der Waals surface area contributed by atoms with Gasteiger partial charge in [0.2, 0.25) is 0 Å². The summed E-state index contributed by atoms with van der Waals surface area (Å²) in [6.07, 6.45) is 0.360. The molecule has 6 nitrogen and oxygen atoms in total. The van der Waals surface area contributed by atoms with Crippen LogP contribution in [0.4, 0.5) is 24.8 Å². The SMILES string of the molecule is CN(C)c1nccnc1N1CCC2CCN(C(=O)c3ccccc3C(F)(F)F)C2C1. The van der Waals surface area contributed by atoms with Crippen molar-refractivity contribution in [1.82, 2.24) is 14.9 Å². The molecule has 0 spiro atoms. The molecular weight excluding hydrogens is 395 g/mol. The van der Waals surface area contributed by atoms with Crippen molar-refractivity contribution in [3.8, 4) is 0 Å². The van der Waals surface area contributed by atoms with Crippen molar-refractivity contribution in [3.63, 3.8) is 0 Å². The van der Waals surface area contributed by atoms with Gasteiger partial charge in [0, 0.05) is 46.1 Å². The zero-order valence-corrected chi connectivity index (χ0v) is 16.9. The minimum absolute atomic E-state index is 0.149. The number of fused-ring (bicyclic) bond motifs is 1. The lowest BCUT2D eigenvalue weighted by molar-refractivity contribution is -0.138. The van der Waals surface area contributed by atoms with Crippen molar-refractivity contribution in [2.24, 2.45) is 5.92 Å². The Kier molecular flexibility index (Phi) is 5.29. The van der Waals surface area contributed by atoms with Crippen molar-refractivity contribution < 1.29 is 18.0 Å². The highest BCUT2D eigenvalue weighted by Gasteiger charge is 2.43. The minimum Gasteiger partial charge on any atom is -0.360 e. The smallest absolute Gasteiger partial charge is 0.360 e. The number of benzene rings is 1. The van der Waals surface area contributed by atoms with Gasteiger partial charge in [-0.25, -0.2) is 9.97 Å². The van der Waals surface area contributed by atoms with E-state index in [0.717, 1.165) is 37.1 Å². The lowest BCUT2D eigenvalue weighted by Gasteiger charge is -2.39. The van der Waals surface area contributed by atoms with Gasteiger partial charge in [-0.1, -0.05) is 12.1 Å². The van der Waals surface area contributed by atoms with E-state index in [1.807, 2.05) is 19.0 Å². The van der Waals surface area contributed by atoms with E-state index >= 15 is 0 Å². The normalized spacial score (nSPS) is 21.5. The Labute approximate surface area is 173 Å². The van der Waals surface area contributed by atoms with Crippen LogP contribution >= 0.6 is 0 Å². The molecule has 1 amide bonds. The number of nitrogens with zero attached hydrogens (tertiary/aromatic N) is 5. The topological polar surface area (TPSA) is 52.6 Å². The molecule has 2 aromatic rings. The number of hydrogen-bond donors (Lipinski definition) is 0. The Morgan fingerprint density at radius 2 is 1.80 bits per heavy atom. The van der Waals surface area contributed by atoms with Gasteiger partial charge < -0.3 is 14.7 Å². The second-order valence-corrected chi connectivity index (χ2v) is 7.99. The highest BCUT2D eigenvalue weighted by molar-refractivity contribution is 5.96. The summed E-state index contributed by atoms with van der Waals surface area (Å²) in [5.74, 6) is 1.19. The number of amides is 1. The predicted octanol–water partition coefficient (Wildman–Crippen LogP) is 3.30. The van der Waals surface area contributed by atoms with Crippen LogP contribution in [0, 0.1) is 5.92 Å². The number of carbonyl (C=O) groups excluding carboxylic acids is 1. The highest BCUT2D eigenvalue weighted by atomic mass is 19.4. The van der Waals surface area contributed by atoms with Gasteiger partial charge >= 0.3 is 6.18 Å². The number of alkyl halides is 3. The summed E-state index contributed by atoms with van der Waals surface area (Å²) in [4.78, 5) is 27.6. The van der Waals surface area contributed by atoms with E-state index < -0.39 is 17.6 Å². The number of piperidine rings is 1. The van der Waals surface area contributed by atoms with Gasteiger partial charge in [-0.05, 0) is 30.9 Å². The molecule has 9 heteroatoms. The first kappa shape index (κ1) is 20.4. The first-order valence-corrected chi connectivity index (χ1v) is 9.98.